The molecule has 0 aliphatic carbocycles. The Kier molecular flexibility index (Phi) is 4.48. The fourth-order valence-corrected chi connectivity index (χ4v) is 2.08. The first-order chi connectivity index (χ1) is 7.43. The first kappa shape index (κ1) is 13.2. The minimum absolute atomic E-state index is 0.0700. The van der Waals surface area contributed by atoms with E-state index in [1.165, 1.54) is 12.1 Å². The van der Waals surface area contributed by atoms with Gasteiger partial charge in [0.05, 0.1) is 6.10 Å². The summed E-state index contributed by atoms with van der Waals surface area (Å²) >= 11 is 0. The van der Waals surface area contributed by atoms with Crippen LogP contribution < -0.4 is 0 Å². The van der Waals surface area contributed by atoms with Gasteiger partial charge < -0.3 is 5.11 Å². The number of aliphatic hydroxyl groups excluding tert-OH is 1. The molecule has 2 unspecified atom stereocenters. The summed E-state index contributed by atoms with van der Waals surface area (Å²) in [6, 6.07) is 6.45. The molecule has 0 heterocycles. The molecule has 1 rings (SSSR count). The lowest BCUT2D eigenvalue weighted by molar-refractivity contribution is 0.0787. The number of hydrogen-bond acceptors (Lipinski definition) is 1. The quantitative estimate of drug-likeness (QED) is 0.828. The van der Waals surface area contributed by atoms with Gasteiger partial charge in [0.15, 0.2) is 0 Å². The van der Waals surface area contributed by atoms with Crippen LogP contribution in [0.3, 0.4) is 0 Å². The van der Waals surface area contributed by atoms with E-state index >= 15 is 0 Å². The van der Waals surface area contributed by atoms with Crippen molar-refractivity contribution in [3.8, 4) is 0 Å². The van der Waals surface area contributed by atoms with Gasteiger partial charge in [0.25, 0.3) is 0 Å². The molecule has 1 nitrogen and oxygen atoms in total. The van der Waals surface area contributed by atoms with E-state index in [0.29, 0.717) is 5.92 Å². The maximum Gasteiger partial charge on any atom is 0.123 e. The average Bonchev–Trinajstić information content (AvgIpc) is 2.20. The topological polar surface area (TPSA) is 20.2 Å². The Balaban J connectivity index is 2.98. The van der Waals surface area contributed by atoms with Crippen molar-refractivity contribution in [1.29, 1.82) is 0 Å². The Morgan fingerprint density at radius 2 is 1.44 bits per heavy atom. The van der Waals surface area contributed by atoms with Crippen molar-refractivity contribution < 1.29 is 9.50 Å². The highest BCUT2D eigenvalue weighted by atomic mass is 19.1. The van der Waals surface area contributed by atoms with Crippen LogP contribution >= 0.6 is 0 Å². The first-order valence-corrected chi connectivity index (χ1v) is 5.87. The lowest BCUT2D eigenvalue weighted by Crippen LogP contribution is -2.28. The minimum atomic E-state index is -0.384. The second kappa shape index (κ2) is 5.44. The Labute approximate surface area is 97.3 Å². The van der Waals surface area contributed by atoms with Crippen molar-refractivity contribution >= 4 is 0 Å². The van der Waals surface area contributed by atoms with Gasteiger partial charge >= 0.3 is 0 Å². The van der Waals surface area contributed by atoms with Crippen LogP contribution in [0.5, 0.6) is 0 Å². The lowest BCUT2D eigenvalue weighted by atomic mass is 9.80. The number of benzene rings is 1. The Bertz CT molecular complexity index is 316. The zero-order chi connectivity index (χ0) is 12.3. The van der Waals surface area contributed by atoms with Gasteiger partial charge in [-0.05, 0) is 29.5 Å². The minimum Gasteiger partial charge on any atom is -0.392 e. The smallest absolute Gasteiger partial charge is 0.123 e. The second-order valence-corrected chi connectivity index (χ2v) is 5.06. The van der Waals surface area contributed by atoms with Gasteiger partial charge in [-0.3, -0.25) is 0 Å². The summed E-state index contributed by atoms with van der Waals surface area (Å²) in [4.78, 5) is 0. The molecule has 2 atom stereocenters. The molecule has 90 valence electrons. The van der Waals surface area contributed by atoms with E-state index in [4.69, 9.17) is 0 Å². The summed E-state index contributed by atoms with van der Waals surface area (Å²) < 4.78 is 12.8. The summed E-state index contributed by atoms with van der Waals surface area (Å²) in [5.41, 5.74) is 1.01. The van der Waals surface area contributed by atoms with Crippen LogP contribution in [-0.2, 0) is 0 Å². The predicted octanol–water partition coefficient (Wildman–Crippen LogP) is 3.58. The van der Waals surface area contributed by atoms with E-state index in [1.54, 1.807) is 12.1 Å². The van der Waals surface area contributed by atoms with Gasteiger partial charge in [-0.15, -0.1) is 0 Å². The van der Waals surface area contributed by atoms with E-state index in [-0.39, 0.29) is 23.8 Å². The zero-order valence-electron chi connectivity index (χ0n) is 10.4. The van der Waals surface area contributed by atoms with Gasteiger partial charge in [0, 0.05) is 5.92 Å². The van der Waals surface area contributed by atoms with Crippen molar-refractivity contribution in [3.63, 3.8) is 0 Å². The highest BCUT2D eigenvalue weighted by molar-refractivity contribution is 5.22. The normalized spacial score (nSPS) is 15.5. The maximum absolute atomic E-state index is 12.8. The average molecular weight is 224 g/mol. The number of aliphatic hydroxyl groups is 1. The summed E-state index contributed by atoms with van der Waals surface area (Å²) in [5.74, 6) is 0.381. The van der Waals surface area contributed by atoms with Crippen LogP contribution in [0.25, 0.3) is 0 Å². The number of halogens is 1. The van der Waals surface area contributed by atoms with Crippen molar-refractivity contribution in [2.24, 2.45) is 11.8 Å². The molecule has 0 radical (unpaired) electrons. The van der Waals surface area contributed by atoms with Gasteiger partial charge in [0.1, 0.15) is 5.82 Å². The fraction of sp³-hybridized carbons (Fsp3) is 0.571. The van der Waals surface area contributed by atoms with Crippen LogP contribution in [-0.4, -0.2) is 11.2 Å². The molecule has 0 saturated carbocycles. The third kappa shape index (κ3) is 3.05. The Hall–Kier alpha value is -0.890. The summed E-state index contributed by atoms with van der Waals surface area (Å²) in [6.45, 7) is 8.17. The number of hydrogen-bond donors (Lipinski definition) is 1. The van der Waals surface area contributed by atoms with E-state index in [9.17, 15) is 9.50 Å². The zero-order valence-corrected chi connectivity index (χ0v) is 10.4. The van der Waals surface area contributed by atoms with Crippen LogP contribution in [0.15, 0.2) is 24.3 Å². The molecule has 1 aromatic carbocycles. The molecule has 0 aromatic heterocycles. The van der Waals surface area contributed by atoms with Gasteiger partial charge in [-0.1, -0.05) is 39.8 Å². The molecule has 16 heavy (non-hydrogen) atoms. The third-order valence-electron chi connectivity index (χ3n) is 3.02. The van der Waals surface area contributed by atoms with Crippen LogP contribution in [0, 0.1) is 17.7 Å². The molecule has 0 amide bonds. The lowest BCUT2D eigenvalue weighted by Gasteiger charge is -2.29. The van der Waals surface area contributed by atoms with E-state index < -0.39 is 0 Å². The van der Waals surface area contributed by atoms with E-state index in [1.807, 2.05) is 13.8 Å². The molecule has 0 bridgehead atoms. The highest BCUT2D eigenvalue weighted by Crippen LogP contribution is 2.31. The molecule has 1 N–H and O–H groups in total. The van der Waals surface area contributed by atoms with Gasteiger partial charge in [-0.2, -0.15) is 0 Å². The fourth-order valence-electron chi connectivity index (χ4n) is 2.08. The molecule has 1 aromatic rings. The van der Waals surface area contributed by atoms with Crippen molar-refractivity contribution in [2.75, 3.05) is 0 Å². The van der Waals surface area contributed by atoms with Crippen molar-refractivity contribution in [1.82, 2.24) is 0 Å². The third-order valence-corrected chi connectivity index (χ3v) is 3.02. The van der Waals surface area contributed by atoms with Gasteiger partial charge in [0.2, 0.25) is 0 Å². The second-order valence-electron chi connectivity index (χ2n) is 5.06. The molecular weight excluding hydrogens is 203 g/mol. The standard InChI is InChI=1S/C14H21FO/c1-9(2)13(14(16)10(3)4)11-5-7-12(15)8-6-11/h5-10,13-14,16H,1-4H3. The van der Waals surface area contributed by atoms with E-state index in [2.05, 4.69) is 13.8 Å². The maximum atomic E-state index is 12.8. The van der Waals surface area contributed by atoms with Crippen molar-refractivity contribution in [2.45, 2.75) is 39.7 Å². The Morgan fingerprint density at radius 3 is 1.81 bits per heavy atom. The predicted molar refractivity (Wildman–Crippen MR) is 64.8 cm³/mol. The summed E-state index contributed by atoms with van der Waals surface area (Å²) in [5, 5.41) is 10.2. The SMILES string of the molecule is CC(C)C(O)C(c1ccc(F)cc1)C(C)C. The van der Waals surface area contributed by atoms with Crippen LogP contribution in [0.1, 0.15) is 39.2 Å². The molecule has 2 heteroatoms. The summed E-state index contributed by atoms with van der Waals surface area (Å²) in [6.07, 6.45) is -0.384. The Morgan fingerprint density at radius 1 is 0.938 bits per heavy atom. The molecule has 0 fully saturated rings. The molecular formula is C14H21FO. The van der Waals surface area contributed by atoms with Gasteiger partial charge in [-0.25, -0.2) is 4.39 Å². The number of rotatable bonds is 4. The summed E-state index contributed by atoms with van der Waals surface area (Å²) in [7, 11) is 0. The molecule has 0 saturated heterocycles. The monoisotopic (exact) mass is 224 g/mol. The first-order valence-electron chi connectivity index (χ1n) is 5.87. The highest BCUT2D eigenvalue weighted by Gasteiger charge is 2.26. The van der Waals surface area contributed by atoms with Crippen molar-refractivity contribution in [3.05, 3.63) is 35.6 Å². The largest absolute Gasteiger partial charge is 0.392 e. The molecule has 0 spiro atoms. The molecule has 0 aliphatic rings. The molecule has 0 aliphatic heterocycles. The van der Waals surface area contributed by atoms with Crippen LogP contribution in [0.4, 0.5) is 4.39 Å². The van der Waals surface area contributed by atoms with Crippen LogP contribution in [0.2, 0.25) is 0 Å². The van der Waals surface area contributed by atoms with E-state index in [0.717, 1.165) is 5.56 Å².